The first-order chi connectivity index (χ1) is 13.7. The Morgan fingerprint density at radius 2 is 1.76 bits per heavy atom. The lowest BCUT2D eigenvalue weighted by atomic mass is 10.0. The van der Waals surface area contributed by atoms with Gasteiger partial charge in [-0.15, -0.1) is 0 Å². The maximum atomic E-state index is 13.2. The summed E-state index contributed by atoms with van der Waals surface area (Å²) in [5, 5.41) is 2.94. The predicted molar refractivity (Wildman–Crippen MR) is 114 cm³/mol. The molecule has 0 aliphatic carbocycles. The molecule has 0 bridgehead atoms. The Labute approximate surface area is 174 Å². The Bertz CT molecular complexity index is 733. The SMILES string of the molecule is Cc1ccccc1C(=O)NC(C(=O)N1CCCN(CC(=O)N(C)C)CC1)C(C)C. The van der Waals surface area contributed by atoms with Gasteiger partial charge in [-0.1, -0.05) is 32.0 Å². The maximum Gasteiger partial charge on any atom is 0.252 e. The molecule has 160 valence electrons. The Morgan fingerprint density at radius 1 is 1.07 bits per heavy atom. The van der Waals surface area contributed by atoms with Crippen molar-refractivity contribution in [2.24, 2.45) is 5.92 Å². The molecule has 3 amide bonds. The van der Waals surface area contributed by atoms with Crippen LogP contribution in [0.5, 0.6) is 0 Å². The van der Waals surface area contributed by atoms with Gasteiger partial charge >= 0.3 is 0 Å². The van der Waals surface area contributed by atoms with Crippen LogP contribution in [0.15, 0.2) is 24.3 Å². The largest absolute Gasteiger partial charge is 0.348 e. The zero-order valence-electron chi connectivity index (χ0n) is 18.3. The van der Waals surface area contributed by atoms with Crippen LogP contribution in [0.1, 0.15) is 36.2 Å². The third-order valence-electron chi connectivity index (χ3n) is 5.37. The fraction of sp³-hybridized carbons (Fsp3) is 0.591. The average Bonchev–Trinajstić information content (AvgIpc) is 2.91. The van der Waals surface area contributed by atoms with Crippen molar-refractivity contribution in [3.05, 3.63) is 35.4 Å². The highest BCUT2D eigenvalue weighted by Gasteiger charge is 2.30. The molecule has 2 rings (SSSR count). The number of hydrogen-bond acceptors (Lipinski definition) is 4. The molecule has 1 aromatic rings. The molecule has 0 radical (unpaired) electrons. The number of aryl methyl sites for hydroxylation is 1. The highest BCUT2D eigenvalue weighted by atomic mass is 16.2. The van der Waals surface area contributed by atoms with Crippen LogP contribution in [0.3, 0.4) is 0 Å². The van der Waals surface area contributed by atoms with E-state index in [9.17, 15) is 14.4 Å². The molecule has 1 aliphatic rings. The monoisotopic (exact) mass is 402 g/mol. The first-order valence-electron chi connectivity index (χ1n) is 10.3. The Balaban J connectivity index is 2.02. The van der Waals surface area contributed by atoms with Crippen molar-refractivity contribution in [1.29, 1.82) is 0 Å². The number of amides is 3. The van der Waals surface area contributed by atoms with Crippen molar-refractivity contribution in [3.63, 3.8) is 0 Å². The van der Waals surface area contributed by atoms with E-state index in [-0.39, 0.29) is 23.6 Å². The standard InChI is InChI=1S/C22H34N4O3/c1-16(2)20(23-21(28)18-10-7-6-9-17(18)3)22(29)26-12-8-11-25(13-14-26)15-19(27)24(4)5/h6-7,9-10,16,20H,8,11-15H2,1-5H3,(H,23,28). The van der Waals surface area contributed by atoms with E-state index >= 15 is 0 Å². The summed E-state index contributed by atoms with van der Waals surface area (Å²) in [6.45, 7) is 8.78. The van der Waals surface area contributed by atoms with Gasteiger partial charge in [-0.25, -0.2) is 0 Å². The van der Waals surface area contributed by atoms with Crippen LogP contribution in [-0.2, 0) is 9.59 Å². The van der Waals surface area contributed by atoms with Gasteiger partial charge < -0.3 is 15.1 Å². The number of carbonyl (C=O) groups excluding carboxylic acids is 3. The number of likely N-dealkylation sites (N-methyl/N-ethyl adjacent to an activating group) is 1. The first-order valence-corrected chi connectivity index (χ1v) is 10.3. The van der Waals surface area contributed by atoms with Crippen LogP contribution in [0, 0.1) is 12.8 Å². The molecule has 1 atom stereocenters. The zero-order chi connectivity index (χ0) is 21.6. The van der Waals surface area contributed by atoms with Crippen LogP contribution >= 0.6 is 0 Å². The number of benzene rings is 1. The normalized spacial score (nSPS) is 16.3. The molecule has 1 aromatic carbocycles. The minimum Gasteiger partial charge on any atom is -0.348 e. The summed E-state index contributed by atoms with van der Waals surface area (Å²) in [5.74, 6) is -0.230. The van der Waals surface area contributed by atoms with E-state index in [4.69, 9.17) is 0 Å². The molecule has 0 saturated carbocycles. The van der Waals surface area contributed by atoms with Gasteiger partial charge in [0.25, 0.3) is 5.91 Å². The van der Waals surface area contributed by atoms with Gasteiger partial charge in [0.05, 0.1) is 6.54 Å². The lowest BCUT2D eigenvalue weighted by Crippen LogP contribution is -2.52. The van der Waals surface area contributed by atoms with Crippen molar-refractivity contribution in [1.82, 2.24) is 20.0 Å². The molecule has 1 aliphatic heterocycles. The van der Waals surface area contributed by atoms with Crippen LogP contribution in [-0.4, -0.2) is 85.3 Å². The Morgan fingerprint density at radius 3 is 2.38 bits per heavy atom. The van der Waals surface area contributed by atoms with Crippen molar-refractivity contribution < 1.29 is 14.4 Å². The molecule has 1 N–H and O–H groups in total. The summed E-state index contributed by atoms with van der Waals surface area (Å²) in [7, 11) is 3.50. The lowest BCUT2D eigenvalue weighted by Gasteiger charge is -2.29. The lowest BCUT2D eigenvalue weighted by molar-refractivity contribution is -0.134. The zero-order valence-corrected chi connectivity index (χ0v) is 18.3. The van der Waals surface area contributed by atoms with E-state index in [1.165, 1.54) is 0 Å². The fourth-order valence-electron chi connectivity index (χ4n) is 3.44. The van der Waals surface area contributed by atoms with Gasteiger partial charge in [0, 0.05) is 45.8 Å². The molecular weight excluding hydrogens is 368 g/mol. The van der Waals surface area contributed by atoms with Crippen molar-refractivity contribution in [2.45, 2.75) is 33.2 Å². The summed E-state index contributed by atoms with van der Waals surface area (Å²) >= 11 is 0. The molecule has 29 heavy (non-hydrogen) atoms. The highest BCUT2D eigenvalue weighted by molar-refractivity contribution is 5.98. The first kappa shape index (κ1) is 22.9. The number of carbonyl (C=O) groups is 3. The van der Waals surface area contributed by atoms with E-state index < -0.39 is 6.04 Å². The average molecular weight is 403 g/mol. The van der Waals surface area contributed by atoms with Gasteiger partial charge in [-0.05, 0) is 30.9 Å². The minimum atomic E-state index is -0.572. The van der Waals surface area contributed by atoms with Crippen LogP contribution < -0.4 is 5.32 Å². The van der Waals surface area contributed by atoms with Gasteiger partial charge in [0.1, 0.15) is 6.04 Å². The van der Waals surface area contributed by atoms with E-state index in [2.05, 4.69) is 10.2 Å². The third kappa shape index (κ3) is 6.29. The third-order valence-corrected chi connectivity index (χ3v) is 5.37. The van der Waals surface area contributed by atoms with Gasteiger partial charge in [-0.3, -0.25) is 19.3 Å². The van der Waals surface area contributed by atoms with E-state index in [1.807, 2.05) is 43.9 Å². The van der Waals surface area contributed by atoms with Crippen molar-refractivity contribution in [3.8, 4) is 0 Å². The van der Waals surface area contributed by atoms with Gasteiger partial charge in [0.2, 0.25) is 11.8 Å². The summed E-state index contributed by atoms with van der Waals surface area (Å²) < 4.78 is 0. The molecule has 7 nitrogen and oxygen atoms in total. The smallest absolute Gasteiger partial charge is 0.252 e. The second kappa shape index (κ2) is 10.4. The molecule has 0 aromatic heterocycles. The summed E-state index contributed by atoms with van der Waals surface area (Å²) in [6.07, 6.45) is 0.809. The topological polar surface area (TPSA) is 73.0 Å². The predicted octanol–water partition coefficient (Wildman–Crippen LogP) is 1.37. The molecule has 1 heterocycles. The molecule has 1 saturated heterocycles. The number of nitrogens with one attached hydrogen (secondary N) is 1. The van der Waals surface area contributed by atoms with Crippen LogP contribution in [0.4, 0.5) is 0 Å². The number of nitrogens with zero attached hydrogens (tertiary/aromatic N) is 3. The van der Waals surface area contributed by atoms with Crippen molar-refractivity contribution in [2.75, 3.05) is 46.8 Å². The van der Waals surface area contributed by atoms with Crippen LogP contribution in [0.2, 0.25) is 0 Å². The Hall–Kier alpha value is -2.41. The van der Waals surface area contributed by atoms with E-state index in [1.54, 1.807) is 25.1 Å². The summed E-state index contributed by atoms with van der Waals surface area (Å²) in [5.41, 5.74) is 1.48. The molecule has 1 fully saturated rings. The number of rotatable bonds is 6. The molecule has 7 heteroatoms. The highest BCUT2D eigenvalue weighted by Crippen LogP contribution is 2.13. The van der Waals surface area contributed by atoms with Gasteiger partial charge in [0.15, 0.2) is 0 Å². The number of hydrogen-bond donors (Lipinski definition) is 1. The second-order valence-electron chi connectivity index (χ2n) is 8.25. The van der Waals surface area contributed by atoms with Gasteiger partial charge in [-0.2, -0.15) is 0 Å². The van der Waals surface area contributed by atoms with E-state index in [0.29, 0.717) is 31.7 Å². The van der Waals surface area contributed by atoms with E-state index in [0.717, 1.165) is 18.5 Å². The second-order valence-corrected chi connectivity index (χ2v) is 8.25. The molecule has 0 spiro atoms. The summed E-state index contributed by atoms with van der Waals surface area (Å²) in [6, 6.07) is 6.81. The maximum absolute atomic E-state index is 13.2. The van der Waals surface area contributed by atoms with Crippen molar-refractivity contribution >= 4 is 17.7 Å². The molecule has 1 unspecified atom stereocenters. The summed E-state index contributed by atoms with van der Waals surface area (Å²) in [4.78, 5) is 43.4. The minimum absolute atomic E-state index is 0.0230. The quantitative estimate of drug-likeness (QED) is 0.780. The molecular formula is C22H34N4O3. The Kier molecular flexibility index (Phi) is 8.20. The fourth-order valence-corrected chi connectivity index (χ4v) is 3.44. The van der Waals surface area contributed by atoms with Crippen LogP contribution in [0.25, 0.3) is 0 Å².